The maximum atomic E-state index is 14.0. The standard InChI is InChI=1S/C31H35Cl2F2N3O10/c1-16-10-19(33)21(35)12-23(16)47-15-25(39)37-30-6-8-31(9-7-30,38-26(40)14-46-17-2-3-18(32)20(34)11-17)24(13-30)48-29(45)36-22(28(43)44)4-5-27(41)42/h2-3,11-12,16,22,24H,4-10,13-15H2,1H3,(H,36,45)(H,37,39)(H,38,40)(H,41,42)(H,43,44)/t16?,22-,24+,30?,31?/m1/s1. The summed E-state index contributed by atoms with van der Waals surface area (Å²) < 4.78 is 44.5. The quantitative estimate of drug-likeness (QED) is 0.185. The first kappa shape index (κ1) is 36.7. The van der Waals surface area contributed by atoms with Gasteiger partial charge in [0.25, 0.3) is 11.8 Å². The Morgan fingerprint density at radius 3 is 2.31 bits per heavy atom. The molecule has 3 fully saturated rings. The van der Waals surface area contributed by atoms with Gasteiger partial charge in [0.15, 0.2) is 13.2 Å². The van der Waals surface area contributed by atoms with Crippen molar-refractivity contribution in [2.45, 2.75) is 81.5 Å². The van der Waals surface area contributed by atoms with Crippen molar-refractivity contribution in [3.63, 3.8) is 0 Å². The molecule has 2 bridgehead atoms. The molecule has 0 radical (unpaired) electrons. The summed E-state index contributed by atoms with van der Waals surface area (Å²) in [5.74, 6) is -5.18. The fourth-order valence-electron chi connectivity index (χ4n) is 6.12. The van der Waals surface area contributed by atoms with Crippen LogP contribution in [0.1, 0.15) is 58.3 Å². The van der Waals surface area contributed by atoms with E-state index in [9.17, 15) is 37.9 Å². The SMILES string of the molecule is CC1CC(Cl)=C(F)C=C1OCC(=O)NC12CCC(NC(=O)COc3ccc(Cl)c(F)c3)(CC1)[C@@H](OC(=O)N[C@H](CCC(=O)O)C(=O)O)C2. The van der Waals surface area contributed by atoms with Crippen LogP contribution in [0.2, 0.25) is 5.02 Å². The van der Waals surface area contributed by atoms with Gasteiger partial charge >= 0.3 is 18.0 Å². The number of rotatable bonds is 14. The Bertz CT molecular complexity index is 1510. The first-order chi connectivity index (χ1) is 22.6. The van der Waals surface area contributed by atoms with E-state index in [0.717, 1.165) is 12.1 Å². The molecule has 1 unspecified atom stereocenters. The number of hydrogen-bond donors (Lipinski definition) is 5. The second-order valence-electron chi connectivity index (χ2n) is 12.2. The highest BCUT2D eigenvalue weighted by molar-refractivity contribution is 6.30. The summed E-state index contributed by atoms with van der Waals surface area (Å²) in [5, 5.41) is 26.3. The third kappa shape index (κ3) is 9.28. The molecule has 0 heterocycles. The number of alkyl carbamates (subject to hydrolysis) is 1. The molecule has 48 heavy (non-hydrogen) atoms. The van der Waals surface area contributed by atoms with Gasteiger partial charge in [0.2, 0.25) is 0 Å². The number of allylic oxidation sites excluding steroid dienone is 4. The summed E-state index contributed by atoms with van der Waals surface area (Å²) in [4.78, 5) is 61.6. The highest BCUT2D eigenvalue weighted by Gasteiger charge is 2.57. The maximum absolute atomic E-state index is 14.0. The van der Waals surface area contributed by atoms with Crippen LogP contribution >= 0.6 is 23.2 Å². The van der Waals surface area contributed by atoms with E-state index in [-0.39, 0.29) is 53.2 Å². The average molecular weight is 719 g/mol. The molecular formula is C31H35Cl2F2N3O10. The van der Waals surface area contributed by atoms with Gasteiger partial charge in [0.1, 0.15) is 35.3 Å². The normalized spacial score (nSPS) is 25.3. The Labute approximate surface area is 283 Å². The highest BCUT2D eigenvalue weighted by Crippen LogP contribution is 2.48. The summed E-state index contributed by atoms with van der Waals surface area (Å²) in [7, 11) is 0. The van der Waals surface area contributed by atoms with Crippen LogP contribution < -0.4 is 20.7 Å². The molecule has 13 nitrogen and oxygen atoms in total. The Kier molecular flexibility index (Phi) is 11.8. The number of hydrogen-bond acceptors (Lipinski definition) is 8. The molecule has 0 aliphatic heterocycles. The first-order valence-electron chi connectivity index (χ1n) is 15.1. The lowest BCUT2D eigenvalue weighted by molar-refractivity contribution is -0.141. The molecular weight excluding hydrogens is 683 g/mol. The van der Waals surface area contributed by atoms with Gasteiger partial charge in [-0.2, -0.15) is 0 Å². The number of fused-ring (bicyclic) bond motifs is 3. The van der Waals surface area contributed by atoms with Gasteiger partial charge < -0.3 is 40.4 Å². The molecule has 4 aliphatic carbocycles. The summed E-state index contributed by atoms with van der Waals surface area (Å²) in [5.41, 5.74) is -2.04. The predicted octanol–water partition coefficient (Wildman–Crippen LogP) is 4.32. The number of amides is 3. The molecule has 3 atom stereocenters. The van der Waals surface area contributed by atoms with Crippen LogP contribution in [-0.4, -0.2) is 76.5 Å². The predicted molar refractivity (Wildman–Crippen MR) is 165 cm³/mol. The zero-order valence-corrected chi connectivity index (χ0v) is 27.3. The largest absolute Gasteiger partial charge is 0.488 e. The average Bonchev–Trinajstić information content (AvgIpc) is 3.01. The number of nitrogens with one attached hydrogen (secondary N) is 3. The third-order valence-electron chi connectivity index (χ3n) is 8.70. The van der Waals surface area contributed by atoms with Crippen LogP contribution in [0.25, 0.3) is 0 Å². The van der Waals surface area contributed by atoms with Crippen molar-refractivity contribution in [3.05, 3.63) is 51.7 Å². The number of halogens is 4. The fraction of sp³-hybridized carbons (Fsp3) is 0.516. The summed E-state index contributed by atoms with van der Waals surface area (Å²) in [6, 6.07) is 2.10. The Balaban J connectivity index is 1.45. The van der Waals surface area contributed by atoms with Gasteiger partial charge in [-0.15, -0.1) is 0 Å². The molecule has 262 valence electrons. The van der Waals surface area contributed by atoms with Gasteiger partial charge in [-0.1, -0.05) is 30.1 Å². The molecule has 17 heteroatoms. The fourth-order valence-corrected chi connectivity index (χ4v) is 6.53. The van der Waals surface area contributed by atoms with E-state index in [4.69, 9.17) is 42.5 Å². The molecule has 4 aliphatic rings. The number of carboxylic acid groups (broad SMARTS) is 2. The zero-order valence-electron chi connectivity index (χ0n) is 25.8. The van der Waals surface area contributed by atoms with Crippen molar-refractivity contribution in [3.8, 4) is 5.75 Å². The highest BCUT2D eigenvalue weighted by atomic mass is 35.5. The van der Waals surface area contributed by atoms with E-state index >= 15 is 0 Å². The molecule has 1 aromatic carbocycles. The summed E-state index contributed by atoms with van der Waals surface area (Å²) >= 11 is 11.6. The molecule has 3 amide bonds. The van der Waals surface area contributed by atoms with Crippen molar-refractivity contribution in [2.75, 3.05) is 13.2 Å². The van der Waals surface area contributed by atoms with E-state index in [0.29, 0.717) is 12.8 Å². The van der Waals surface area contributed by atoms with Crippen LogP contribution in [0, 0.1) is 11.7 Å². The molecule has 0 aromatic heterocycles. The second kappa shape index (κ2) is 15.4. The van der Waals surface area contributed by atoms with Crippen LogP contribution in [0.5, 0.6) is 5.75 Å². The van der Waals surface area contributed by atoms with Crippen molar-refractivity contribution in [1.82, 2.24) is 16.0 Å². The lowest BCUT2D eigenvalue weighted by Gasteiger charge is -2.57. The van der Waals surface area contributed by atoms with Gasteiger partial charge in [0.05, 0.1) is 15.6 Å². The topological polar surface area (TPSA) is 190 Å². The van der Waals surface area contributed by atoms with Gasteiger partial charge in [-0.3, -0.25) is 14.4 Å². The maximum Gasteiger partial charge on any atom is 0.408 e. The van der Waals surface area contributed by atoms with Crippen LogP contribution in [0.15, 0.2) is 40.9 Å². The van der Waals surface area contributed by atoms with Crippen LogP contribution in [0.4, 0.5) is 13.6 Å². The monoisotopic (exact) mass is 717 g/mol. The van der Waals surface area contributed by atoms with Crippen molar-refractivity contribution in [2.24, 2.45) is 5.92 Å². The van der Waals surface area contributed by atoms with Crippen LogP contribution in [-0.2, 0) is 28.7 Å². The molecule has 5 N–H and O–H groups in total. The minimum Gasteiger partial charge on any atom is -0.488 e. The van der Waals surface area contributed by atoms with Crippen LogP contribution in [0.3, 0.4) is 0 Å². The van der Waals surface area contributed by atoms with E-state index in [2.05, 4.69) is 16.0 Å². The van der Waals surface area contributed by atoms with E-state index in [1.807, 2.05) is 0 Å². The number of aliphatic carboxylic acids is 2. The molecule has 0 spiro atoms. The minimum atomic E-state index is -1.56. The second-order valence-corrected chi connectivity index (χ2v) is 13.0. The molecule has 0 saturated heterocycles. The Morgan fingerprint density at radius 2 is 1.67 bits per heavy atom. The number of ether oxygens (including phenoxy) is 3. The van der Waals surface area contributed by atoms with Crippen molar-refractivity contribution < 1.29 is 57.2 Å². The summed E-state index contributed by atoms with van der Waals surface area (Å²) in [6.45, 7) is 0.825. The first-order valence-corrected chi connectivity index (χ1v) is 15.9. The van der Waals surface area contributed by atoms with Crippen molar-refractivity contribution >= 4 is 53.0 Å². The van der Waals surface area contributed by atoms with E-state index in [1.165, 1.54) is 12.1 Å². The minimum absolute atomic E-state index is 0.0225. The van der Waals surface area contributed by atoms with Gasteiger partial charge in [0, 0.05) is 36.4 Å². The number of carbonyl (C=O) groups is 5. The number of carboxylic acids is 2. The molecule has 5 rings (SSSR count). The molecule has 3 saturated carbocycles. The van der Waals surface area contributed by atoms with Gasteiger partial charge in [-0.05, 0) is 50.7 Å². The van der Waals surface area contributed by atoms with E-state index in [1.54, 1.807) is 6.92 Å². The Morgan fingerprint density at radius 1 is 1.00 bits per heavy atom. The third-order valence-corrected chi connectivity index (χ3v) is 9.34. The summed E-state index contributed by atoms with van der Waals surface area (Å²) in [6.07, 6.45) is -0.629. The number of benzene rings is 1. The lowest BCUT2D eigenvalue weighted by Crippen LogP contribution is -2.71. The Hall–Kier alpha value is -4.11. The molecule has 1 aromatic rings. The smallest absolute Gasteiger partial charge is 0.408 e. The van der Waals surface area contributed by atoms with Gasteiger partial charge in [-0.25, -0.2) is 18.4 Å². The zero-order chi connectivity index (χ0) is 35.2. The number of carbonyl (C=O) groups excluding carboxylic acids is 3. The van der Waals surface area contributed by atoms with E-state index < -0.39 is 90.8 Å². The lowest BCUT2D eigenvalue weighted by atomic mass is 9.59. The van der Waals surface area contributed by atoms with Crippen molar-refractivity contribution in [1.29, 1.82) is 0 Å².